The lowest BCUT2D eigenvalue weighted by atomic mass is 10.2. The Kier molecular flexibility index (Phi) is 6.19. The maximum atomic E-state index is 12.1. The minimum Gasteiger partial charge on any atom is -0.492 e. The molecule has 0 saturated heterocycles. The second-order valence-electron chi connectivity index (χ2n) is 4.99. The summed E-state index contributed by atoms with van der Waals surface area (Å²) in [4.78, 5) is 23.7. The van der Waals surface area contributed by atoms with Crippen LogP contribution in [0.1, 0.15) is 17.3 Å². The molecule has 0 aliphatic carbocycles. The first-order valence-electron chi connectivity index (χ1n) is 7.71. The summed E-state index contributed by atoms with van der Waals surface area (Å²) in [6.45, 7) is 2.49. The van der Waals surface area contributed by atoms with E-state index in [0.717, 1.165) is 0 Å². The molecule has 3 N–H and O–H groups in total. The molecule has 2 aromatic rings. The number of hydrogen-bond donors (Lipinski definition) is 3. The van der Waals surface area contributed by atoms with E-state index < -0.39 is 0 Å². The molecule has 126 valence electrons. The van der Waals surface area contributed by atoms with E-state index >= 15 is 0 Å². The summed E-state index contributed by atoms with van der Waals surface area (Å²) in [6.07, 6.45) is 0. The third-order valence-corrected chi connectivity index (χ3v) is 3.27. The fourth-order valence-electron chi connectivity index (χ4n) is 2.14. The SMILES string of the molecule is CCOc1ccccc1NC(=O)CNc1cccc(C(=O)NC)c1. The maximum Gasteiger partial charge on any atom is 0.251 e. The van der Waals surface area contributed by atoms with Crippen LogP contribution in [0.5, 0.6) is 5.75 Å². The Labute approximate surface area is 141 Å². The van der Waals surface area contributed by atoms with Gasteiger partial charge in [0, 0.05) is 18.3 Å². The van der Waals surface area contributed by atoms with Crippen LogP contribution in [0.25, 0.3) is 0 Å². The van der Waals surface area contributed by atoms with Gasteiger partial charge in [-0.1, -0.05) is 18.2 Å². The summed E-state index contributed by atoms with van der Waals surface area (Å²) in [6, 6.07) is 14.2. The molecule has 0 aliphatic rings. The molecule has 0 heterocycles. The normalized spacial score (nSPS) is 9.92. The van der Waals surface area contributed by atoms with Gasteiger partial charge >= 0.3 is 0 Å². The highest BCUT2D eigenvalue weighted by Crippen LogP contribution is 2.23. The van der Waals surface area contributed by atoms with Crippen LogP contribution in [0.15, 0.2) is 48.5 Å². The van der Waals surface area contributed by atoms with Crippen molar-refractivity contribution in [3.05, 3.63) is 54.1 Å². The molecule has 0 aromatic heterocycles. The molecule has 0 spiro atoms. The topological polar surface area (TPSA) is 79.5 Å². The van der Waals surface area contributed by atoms with Gasteiger partial charge in [0.2, 0.25) is 5.91 Å². The number of nitrogens with one attached hydrogen (secondary N) is 3. The summed E-state index contributed by atoms with van der Waals surface area (Å²) < 4.78 is 5.48. The predicted octanol–water partition coefficient (Wildman–Crippen LogP) is 2.50. The van der Waals surface area contributed by atoms with Crippen LogP contribution < -0.4 is 20.7 Å². The Bertz CT molecular complexity index is 716. The number of para-hydroxylation sites is 2. The van der Waals surface area contributed by atoms with Crippen LogP contribution in [0.2, 0.25) is 0 Å². The molecule has 0 atom stereocenters. The number of carbonyl (C=O) groups excluding carboxylic acids is 2. The molecule has 0 radical (unpaired) electrons. The van der Waals surface area contributed by atoms with Crippen molar-refractivity contribution in [2.45, 2.75) is 6.92 Å². The van der Waals surface area contributed by atoms with E-state index in [0.29, 0.717) is 29.3 Å². The molecule has 0 aliphatic heterocycles. The highest BCUT2D eigenvalue weighted by Gasteiger charge is 2.08. The first-order valence-corrected chi connectivity index (χ1v) is 7.71. The lowest BCUT2D eigenvalue weighted by molar-refractivity contribution is -0.114. The van der Waals surface area contributed by atoms with Gasteiger partial charge in [0.15, 0.2) is 0 Å². The van der Waals surface area contributed by atoms with E-state index in [1.807, 2.05) is 19.1 Å². The van der Waals surface area contributed by atoms with Gasteiger partial charge in [-0.25, -0.2) is 0 Å². The highest BCUT2D eigenvalue weighted by atomic mass is 16.5. The molecule has 0 fully saturated rings. The van der Waals surface area contributed by atoms with Crippen molar-refractivity contribution in [3.8, 4) is 5.75 Å². The van der Waals surface area contributed by atoms with E-state index in [2.05, 4.69) is 16.0 Å². The van der Waals surface area contributed by atoms with Crippen molar-refractivity contribution in [2.24, 2.45) is 0 Å². The Morgan fingerprint density at radius 3 is 2.62 bits per heavy atom. The minimum absolute atomic E-state index is 0.0810. The van der Waals surface area contributed by atoms with E-state index in [1.165, 1.54) is 0 Å². The smallest absolute Gasteiger partial charge is 0.251 e. The van der Waals surface area contributed by atoms with Crippen LogP contribution in [0.4, 0.5) is 11.4 Å². The Balaban J connectivity index is 1.95. The van der Waals surface area contributed by atoms with E-state index in [-0.39, 0.29) is 18.4 Å². The molecule has 2 aromatic carbocycles. The largest absolute Gasteiger partial charge is 0.492 e. The highest BCUT2D eigenvalue weighted by molar-refractivity contribution is 5.96. The zero-order valence-electron chi connectivity index (χ0n) is 13.8. The summed E-state index contributed by atoms with van der Waals surface area (Å²) >= 11 is 0. The maximum absolute atomic E-state index is 12.1. The Morgan fingerprint density at radius 2 is 1.88 bits per heavy atom. The van der Waals surface area contributed by atoms with Crippen molar-refractivity contribution in [2.75, 3.05) is 30.8 Å². The third-order valence-electron chi connectivity index (χ3n) is 3.27. The van der Waals surface area contributed by atoms with Gasteiger partial charge in [-0.2, -0.15) is 0 Å². The average Bonchev–Trinajstić information content (AvgIpc) is 2.61. The van der Waals surface area contributed by atoms with Crippen molar-refractivity contribution >= 4 is 23.2 Å². The second kappa shape index (κ2) is 8.57. The van der Waals surface area contributed by atoms with Crippen LogP contribution in [0, 0.1) is 0 Å². The summed E-state index contributed by atoms with van der Waals surface area (Å²) in [5, 5.41) is 8.38. The molecular formula is C18H21N3O3. The van der Waals surface area contributed by atoms with Gasteiger partial charge in [0.05, 0.1) is 18.8 Å². The van der Waals surface area contributed by atoms with Gasteiger partial charge in [-0.15, -0.1) is 0 Å². The molecule has 0 unspecified atom stereocenters. The summed E-state index contributed by atoms with van der Waals surface area (Å²) in [5.41, 5.74) is 1.86. The van der Waals surface area contributed by atoms with Crippen LogP contribution >= 0.6 is 0 Å². The Morgan fingerprint density at radius 1 is 1.08 bits per heavy atom. The lowest BCUT2D eigenvalue weighted by Gasteiger charge is -2.12. The average molecular weight is 327 g/mol. The van der Waals surface area contributed by atoms with Gasteiger partial charge in [-0.05, 0) is 37.3 Å². The van der Waals surface area contributed by atoms with E-state index in [1.54, 1.807) is 43.4 Å². The molecular weight excluding hydrogens is 306 g/mol. The number of amides is 2. The molecule has 2 rings (SSSR count). The summed E-state index contributed by atoms with van der Waals surface area (Å²) in [7, 11) is 1.58. The van der Waals surface area contributed by atoms with Crippen LogP contribution in [-0.4, -0.2) is 32.0 Å². The number of anilines is 2. The third kappa shape index (κ3) is 4.74. The van der Waals surface area contributed by atoms with Gasteiger partial charge in [-0.3, -0.25) is 9.59 Å². The number of hydrogen-bond acceptors (Lipinski definition) is 4. The van der Waals surface area contributed by atoms with Crippen molar-refractivity contribution in [1.29, 1.82) is 0 Å². The van der Waals surface area contributed by atoms with Crippen LogP contribution in [-0.2, 0) is 4.79 Å². The number of ether oxygens (including phenoxy) is 1. The molecule has 0 bridgehead atoms. The van der Waals surface area contributed by atoms with Gasteiger partial charge in [0.1, 0.15) is 5.75 Å². The predicted molar refractivity (Wildman–Crippen MR) is 94.6 cm³/mol. The quantitative estimate of drug-likeness (QED) is 0.730. The fourth-order valence-corrected chi connectivity index (χ4v) is 2.14. The first-order chi connectivity index (χ1) is 11.6. The Hall–Kier alpha value is -3.02. The molecule has 0 saturated carbocycles. The molecule has 2 amide bonds. The standard InChI is InChI=1S/C18H21N3O3/c1-3-24-16-10-5-4-9-15(16)21-17(22)12-20-14-8-6-7-13(11-14)18(23)19-2/h4-11,20H,3,12H2,1-2H3,(H,19,23)(H,21,22). The number of rotatable bonds is 7. The molecule has 6 heteroatoms. The van der Waals surface area contributed by atoms with Gasteiger partial charge < -0.3 is 20.7 Å². The second-order valence-corrected chi connectivity index (χ2v) is 4.99. The first kappa shape index (κ1) is 17.3. The van der Waals surface area contributed by atoms with Crippen molar-refractivity contribution in [1.82, 2.24) is 5.32 Å². The number of benzene rings is 2. The summed E-state index contributed by atoms with van der Waals surface area (Å²) in [5.74, 6) is 0.260. The zero-order valence-corrected chi connectivity index (χ0v) is 13.8. The number of carbonyl (C=O) groups is 2. The molecule has 24 heavy (non-hydrogen) atoms. The zero-order chi connectivity index (χ0) is 17.4. The van der Waals surface area contributed by atoms with E-state index in [9.17, 15) is 9.59 Å². The van der Waals surface area contributed by atoms with E-state index in [4.69, 9.17) is 4.74 Å². The monoisotopic (exact) mass is 327 g/mol. The van der Waals surface area contributed by atoms with Crippen molar-refractivity contribution in [3.63, 3.8) is 0 Å². The van der Waals surface area contributed by atoms with Gasteiger partial charge in [0.25, 0.3) is 5.91 Å². The lowest BCUT2D eigenvalue weighted by Crippen LogP contribution is -2.22. The van der Waals surface area contributed by atoms with Crippen LogP contribution in [0.3, 0.4) is 0 Å². The minimum atomic E-state index is -0.201. The molecule has 6 nitrogen and oxygen atoms in total. The fraction of sp³-hybridized carbons (Fsp3) is 0.222. The van der Waals surface area contributed by atoms with Crippen molar-refractivity contribution < 1.29 is 14.3 Å².